The van der Waals surface area contributed by atoms with Gasteiger partial charge in [-0.1, -0.05) is 36.4 Å². The second-order valence-electron chi connectivity index (χ2n) is 4.96. The molecule has 22 heavy (non-hydrogen) atoms. The van der Waals surface area contributed by atoms with Crippen LogP contribution < -0.4 is 4.74 Å². The minimum atomic E-state index is -0.361. The minimum absolute atomic E-state index is 0.361. The molecule has 0 unspecified atom stereocenters. The quantitative estimate of drug-likeness (QED) is 0.637. The van der Waals surface area contributed by atoms with Crippen molar-refractivity contribution in [2.24, 2.45) is 0 Å². The van der Waals surface area contributed by atoms with Crippen LogP contribution >= 0.6 is 0 Å². The van der Waals surface area contributed by atoms with Crippen LogP contribution in [0, 0.1) is 0 Å². The maximum Gasteiger partial charge on any atom is 0.331 e. The van der Waals surface area contributed by atoms with Crippen LogP contribution in [0.15, 0.2) is 54.6 Å². The summed E-state index contributed by atoms with van der Waals surface area (Å²) >= 11 is 0. The summed E-state index contributed by atoms with van der Waals surface area (Å²) in [6.45, 7) is 0. The summed E-state index contributed by atoms with van der Waals surface area (Å²) in [6, 6.07) is 15.8. The first kappa shape index (κ1) is 14.1. The van der Waals surface area contributed by atoms with E-state index in [-0.39, 0.29) is 5.97 Å². The third kappa shape index (κ3) is 2.53. The molecule has 110 valence electrons. The normalized spacial score (nSPS) is 14.5. The Balaban J connectivity index is 2.15. The van der Waals surface area contributed by atoms with Crippen molar-refractivity contribution in [2.45, 2.75) is 0 Å². The van der Waals surface area contributed by atoms with E-state index in [1.54, 1.807) is 7.11 Å². The predicted molar refractivity (Wildman–Crippen MR) is 87.3 cm³/mol. The molecular formula is C19H16O3. The fourth-order valence-electron chi connectivity index (χ4n) is 2.60. The monoisotopic (exact) mass is 292 g/mol. The molecule has 3 heteroatoms. The molecule has 0 heterocycles. The van der Waals surface area contributed by atoms with Gasteiger partial charge in [-0.2, -0.15) is 0 Å². The van der Waals surface area contributed by atoms with Crippen molar-refractivity contribution in [3.8, 4) is 5.75 Å². The van der Waals surface area contributed by atoms with E-state index in [4.69, 9.17) is 9.47 Å². The highest BCUT2D eigenvalue weighted by Crippen LogP contribution is 2.42. The number of benzene rings is 2. The first-order valence-electron chi connectivity index (χ1n) is 6.98. The third-order valence-corrected chi connectivity index (χ3v) is 3.69. The lowest BCUT2D eigenvalue weighted by Crippen LogP contribution is -1.97. The van der Waals surface area contributed by atoms with E-state index in [9.17, 15) is 4.79 Å². The lowest BCUT2D eigenvalue weighted by atomic mass is 9.97. The van der Waals surface area contributed by atoms with E-state index >= 15 is 0 Å². The molecule has 0 aliphatic heterocycles. The maximum atomic E-state index is 11.7. The van der Waals surface area contributed by atoms with Crippen molar-refractivity contribution in [3.05, 3.63) is 71.3 Å². The van der Waals surface area contributed by atoms with Crippen molar-refractivity contribution < 1.29 is 14.3 Å². The maximum absolute atomic E-state index is 11.7. The molecule has 3 nitrogen and oxygen atoms in total. The smallest absolute Gasteiger partial charge is 0.331 e. The average molecular weight is 292 g/mol. The Morgan fingerprint density at radius 2 is 1.82 bits per heavy atom. The number of hydrogen-bond donors (Lipinski definition) is 0. The zero-order chi connectivity index (χ0) is 15.5. The van der Waals surface area contributed by atoms with Gasteiger partial charge in [0.15, 0.2) is 0 Å². The highest BCUT2D eigenvalue weighted by atomic mass is 16.5. The van der Waals surface area contributed by atoms with Gasteiger partial charge in [0.05, 0.1) is 14.2 Å². The molecule has 3 rings (SSSR count). The van der Waals surface area contributed by atoms with Gasteiger partial charge >= 0.3 is 5.97 Å². The van der Waals surface area contributed by atoms with E-state index in [1.165, 1.54) is 13.2 Å². The molecule has 1 aliphatic rings. The number of esters is 1. The Kier molecular flexibility index (Phi) is 3.79. The van der Waals surface area contributed by atoms with E-state index in [0.29, 0.717) is 0 Å². The lowest BCUT2D eigenvalue weighted by Gasteiger charge is -2.08. The van der Waals surface area contributed by atoms with Crippen LogP contribution in [0.1, 0.15) is 16.7 Å². The molecule has 0 aromatic heterocycles. The minimum Gasteiger partial charge on any atom is -0.497 e. The van der Waals surface area contributed by atoms with E-state index < -0.39 is 0 Å². The zero-order valence-electron chi connectivity index (χ0n) is 12.5. The van der Waals surface area contributed by atoms with Gasteiger partial charge in [-0.15, -0.1) is 0 Å². The number of allylic oxidation sites excluding steroid dienone is 2. The molecular weight excluding hydrogens is 276 g/mol. The van der Waals surface area contributed by atoms with E-state index in [1.807, 2.05) is 48.5 Å². The summed E-state index contributed by atoms with van der Waals surface area (Å²) < 4.78 is 10.1. The zero-order valence-corrected chi connectivity index (χ0v) is 12.5. The summed E-state index contributed by atoms with van der Waals surface area (Å²) in [5.41, 5.74) is 4.98. The van der Waals surface area contributed by atoms with Crippen molar-refractivity contribution in [1.82, 2.24) is 0 Å². The highest BCUT2D eigenvalue weighted by Gasteiger charge is 2.21. The molecule has 0 bridgehead atoms. The van der Waals surface area contributed by atoms with Crippen molar-refractivity contribution in [2.75, 3.05) is 14.2 Å². The molecule has 1 aliphatic carbocycles. The van der Waals surface area contributed by atoms with Crippen molar-refractivity contribution >= 4 is 23.2 Å². The second-order valence-corrected chi connectivity index (χ2v) is 4.96. The Morgan fingerprint density at radius 1 is 1.05 bits per heavy atom. The second kappa shape index (κ2) is 5.90. The fraction of sp³-hybridized carbons (Fsp3) is 0.105. The van der Waals surface area contributed by atoms with Gasteiger partial charge in [-0.3, -0.25) is 0 Å². The summed E-state index contributed by atoms with van der Waals surface area (Å²) in [7, 11) is 3.03. The van der Waals surface area contributed by atoms with E-state index in [0.717, 1.165) is 33.6 Å². The van der Waals surface area contributed by atoms with Gasteiger partial charge in [0.1, 0.15) is 5.75 Å². The Labute approximate surface area is 129 Å². The number of ether oxygens (including phenoxy) is 2. The number of carbonyl (C=O) groups excluding carboxylic acids is 1. The first-order valence-corrected chi connectivity index (χ1v) is 6.98. The third-order valence-electron chi connectivity index (χ3n) is 3.69. The van der Waals surface area contributed by atoms with Crippen LogP contribution in [0.3, 0.4) is 0 Å². The number of fused-ring (bicyclic) bond motifs is 1. The van der Waals surface area contributed by atoms with E-state index in [2.05, 4.69) is 6.08 Å². The van der Waals surface area contributed by atoms with Gasteiger partial charge in [-0.05, 0) is 46.0 Å². The molecule has 0 spiro atoms. The van der Waals surface area contributed by atoms with Gasteiger partial charge < -0.3 is 9.47 Å². The van der Waals surface area contributed by atoms with Crippen LogP contribution in [0.25, 0.3) is 17.2 Å². The van der Waals surface area contributed by atoms with Gasteiger partial charge in [0, 0.05) is 6.08 Å². The SMILES string of the molecule is COC(=O)/C=C1\C(c2ccccc2)=Cc2cc(OC)ccc21. The molecule has 0 N–H and O–H groups in total. The molecule has 0 saturated carbocycles. The Morgan fingerprint density at radius 3 is 2.50 bits per heavy atom. The summed E-state index contributed by atoms with van der Waals surface area (Å²) in [5.74, 6) is 0.433. The van der Waals surface area contributed by atoms with Gasteiger partial charge in [0.25, 0.3) is 0 Å². The number of rotatable bonds is 3. The molecule has 0 fully saturated rings. The summed E-state index contributed by atoms with van der Waals surface area (Å²) in [5, 5.41) is 0. The van der Waals surface area contributed by atoms with Crippen LogP contribution in [-0.2, 0) is 9.53 Å². The molecule has 2 aromatic carbocycles. The van der Waals surface area contributed by atoms with Crippen LogP contribution in [0.5, 0.6) is 5.75 Å². The van der Waals surface area contributed by atoms with Crippen LogP contribution in [0.4, 0.5) is 0 Å². The first-order chi connectivity index (χ1) is 10.7. The predicted octanol–water partition coefficient (Wildman–Crippen LogP) is 3.81. The van der Waals surface area contributed by atoms with Crippen molar-refractivity contribution in [1.29, 1.82) is 0 Å². The lowest BCUT2D eigenvalue weighted by molar-refractivity contribution is -0.134. The largest absolute Gasteiger partial charge is 0.497 e. The molecule has 0 radical (unpaired) electrons. The molecule has 0 atom stereocenters. The van der Waals surface area contributed by atoms with Gasteiger partial charge in [-0.25, -0.2) is 4.79 Å². The molecule has 0 amide bonds. The number of carbonyl (C=O) groups is 1. The van der Waals surface area contributed by atoms with Crippen LogP contribution in [-0.4, -0.2) is 20.2 Å². The molecule has 2 aromatic rings. The Bertz CT molecular complexity index is 771. The van der Waals surface area contributed by atoms with Crippen LogP contribution in [0.2, 0.25) is 0 Å². The Hall–Kier alpha value is -2.81. The average Bonchev–Trinajstić information content (AvgIpc) is 2.93. The van der Waals surface area contributed by atoms with Crippen molar-refractivity contribution in [3.63, 3.8) is 0 Å². The topological polar surface area (TPSA) is 35.5 Å². The fourth-order valence-corrected chi connectivity index (χ4v) is 2.60. The van der Waals surface area contributed by atoms with Gasteiger partial charge in [0.2, 0.25) is 0 Å². The standard InChI is InChI=1S/C19H16O3/c1-21-15-8-9-16-14(10-15)11-17(13-6-4-3-5-7-13)18(16)12-19(20)22-2/h3-12H,1-2H3/b18-12-. The highest BCUT2D eigenvalue weighted by molar-refractivity contribution is 6.20. The summed E-state index contributed by atoms with van der Waals surface area (Å²) in [6.07, 6.45) is 3.61. The molecule has 0 saturated heterocycles. The number of hydrogen-bond acceptors (Lipinski definition) is 3. The summed E-state index contributed by atoms with van der Waals surface area (Å²) in [4.78, 5) is 11.7. The number of methoxy groups -OCH3 is 2.